The van der Waals surface area contributed by atoms with Gasteiger partial charge in [0.05, 0.1) is 11.9 Å². The number of nitrogens with zero attached hydrogens (tertiary/aromatic N) is 3. The van der Waals surface area contributed by atoms with Crippen LogP contribution in [0.4, 0.5) is 5.69 Å². The summed E-state index contributed by atoms with van der Waals surface area (Å²) in [6, 6.07) is 0.369. The first-order valence-corrected chi connectivity index (χ1v) is 7.83. The highest BCUT2D eigenvalue weighted by Gasteiger charge is 2.34. The summed E-state index contributed by atoms with van der Waals surface area (Å²) in [4.78, 5) is 23.3. The second-order valence-electron chi connectivity index (χ2n) is 6.60. The molecule has 5 nitrogen and oxygen atoms in total. The first kappa shape index (κ1) is 15.7. The lowest BCUT2D eigenvalue weighted by Crippen LogP contribution is -2.36. The van der Waals surface area contributed by atoms with Gasteiger partial charge in [-0.25, -0.2) is 9.97 Å². The highest BCUT2D eigenvalue weighted by molar-refractivity contribution is 5.97. The lowest BCUT2D eigenvalue weighted by Gasteiger charge is -2.23. The molecule has 0 atom stereocenters. The zero-order chi connectivity index (χ0) is 15.6. The molecule has 1 saturated carbocycles. The van der Waals surface area contributed by atoms with Gasteiger partial charge in [0.1, 0.15) is 5.82 Å². The predicted octanol–water partition coefficient (Wildman–Crippen LogP) is 2.83. The van der Waals surface area contributed by atoms with Crippen molar-refractivity contribution in [3.05, 3.63) is 17.7 Å². The van der Waals surface area contributed by atoms with Gasteiger partial charge >= 0.3 is 0 Å². The van der Waals surface area contributed by atoms with Crippen LogP contribution in [-0.4, -0.2) is 33.4 Å². The molecule has 0 aliphatic heterocycles. The van der Waals surface area contributed by atoms with E-state index in [-0.39, 0.29) is 11.8 Å². The van der Waals surface area contributed by atoms with Gasteiger partial charge in [0.2, 0.25) is 0 Å². The van der Waals surface area contributed by atoms with Crippen LogP contribution < -0.4 is 5.73 Å². The molecule has 0 saturated heterocycles. The third kappa shape index (κ3) is 3.93. The average molecular weight is 290 g/mol. The van der Waals surface area contributed by atoms with Crippen molar-refractivity contribution in [2.24, 2.45) is 5.92 Å². The third-order valence-electron chi connectivity index (χ3n) is 3.75. The fraction of sp³-hybridized carbons (Fsp3) is 0.688. The zero-order valence-corrected chi connectivity index (χ0v) is 13.5. The molecule has 1 aromatic rings. The number of nitrogens with two attached hydrogens (primary N) is 1. The topological polar surface area (TPSA) is 72.1 Å². The summed E-state index contributed by atoms with van der Waals surface area (Å²) in [5.74, 6) is 1.39. The van der Waals surface area contributed by atoms with Crippen LogP contribution in [0, 0.1) is 5.92 Å². The predicted molar refractivity (Wildman–Crippen MR) is 84.0 cm³/mol. The van der Waals surface area contributed by atoms with Crippen LogP contribution in [0.25, 0.3) is 0 Å². The maximum Gasteiger partial charge on any atom is 0.274 e. The van der Waals surface area contributed by atoms with E-state index in [1.54, 1.807) is 6.20 Å². The maximum atomic E-state index is 12.8. The molecular formula is C16H26N4O. The van der Waals surface area contributed by atoms with E-state index in [1.165, 1.54) is 0 Å². The number of carbonyl (C=O) groups is 1. The molecule has 0 bridgehead atoms. The van der Waals surface area contributed by atoms with Crippen LogP contribution in [0.1, 0.15) is 69.2 Å². The van der Waals surface area contributed by atoms with E-state index in [0.29, 0.717) is 29.2 Å². The Kier molecular flexibility index (Phi) is 4.80. The molecular weight excluding hydrogens is 264 g/mol. The molecule has 0 unspecified atom stereocenters. The lowest BCUT2D eigenvalue weighted by molar-refractivity contribution is 0.0730. The van der Waals surface area contributed by atoms with Crippen LogP contribution in [0.2, 0.25) is 0 Å². The zero-order valence-electron chi connectivity index (χ0n) is 13.5. The summed E-state index contributed by atoms with van der Waals surface area (Å²) in [6.45, 7) is 9.15. The molecule has 1 amide bonds. The monoisotopic (exact) mass is 290 g/mol. The smallest absolute Gasteiger partial charge is 0.274 e. The fourth-order valence-corrected chi connectivity index (χ4v) is 2.22. The van der Waals surface area contributed by atoms with E-state index in [1.807, 2.05) is 18.7 Å². The average Bonchev–Trinajstić information content (AvgIpc) is 3.23. The number of rotatable bonds is 6. The molecule has 2 rings (SSSR count). The van der Waals surface area contributed by atoms with E-state index < -0.39 is 0 Å². The second kappa shape index (κ2) is 6.41. The first-order chi connectivity index (χ1) is 9.90. The SMILES string of the molecule is CC(C)CCN(C(=O)c1nc(C(C)C)ncc1N)C1CC1. The summed E-state index contributed by atoms with van der Waals surface area (Å²) >= 11 is 0. The van der Waals surface area contributed by atoms with Crippen LogP contribution in [0.5, 0.6) is 0 Å². The van der Waals surface area contributed by atoms with Crippen LogP contribution in [0.3, 0.4) is 0 Å². The Morgan fingerprint density at radius 1 is 1.38 bits per heavy atom. The van der Waals surface area contributed by atoms with Gasteiger partial charge < -0.3 is 10.6 Å². The number of anilines is 1. The van der Waals surface area contributed by atoms with Gasteiger partial charge in [0.25, 0.3) is 5.91 Å². The Balaban J connectivity index is 2.21. The Labute approximate surface area is 127 Å². The first-order valence-electron chi connectivity index (χ1n) is 7.83. The molecule has 1 aromatic heterocycles. The molecule has 5 heteroatoms. The quantitative estimate of drug-likeness (QED) is 0.874. The normalized spacial score (nSPS) is 14.8. The summed E-state index contributed by atoms with van der Waals surface area (Å²) in [7, 11) is 0. The number of nitrogen functional groups attached to an aromatic ring is 1. The van der Waals surface area contributed by atoms with Gasteiger partial charge in [-0.05, 0) is 25.2 Å². The molecule has 1 aliphatic rings. The molecule has 1 aliphatic carbocycles. The molecule has 21 heavy (non-hydrogen) atoms. The minimum absolute atomic E-state index is 0.0417. The second-order valence-corrected chi connectivity index (χ2v) is 6.60. The van der Waals surface area contributed by atoms with Crippen molar-refractivity contribution < 1.29 is 4.79 Å². The van der Waals surface area contributed by atoms with Crippen molar-refractivity contribution in [1.29, 1.82) is 0 Å². The Morgan fingerprint density at radius 2 is 2.05 bits per heavy atom. The van der Waals surface area contributed by atoms with Crippen molar-refractivity contribution in [2.75, 3.05) is 12.3 Å². The summed E-state index contributed by atoms with van der Waals surface area (Å²) in [5.41, 5.74) is 6.67. The minimum Gasteiger partial charge on any atom is -0.396 e. The van der Waals surface area contributed by atoms with E-state index in [0.717, 1.165) is 25.8 Å². The van der Waals surface area contributed by atoms with Gasteiger partial charge in [-0.1, -0.05) is 27.7 Å². The van der Waals surface area contributed by atoms with Gasteiger partial charge in [0, 0.05) is 18.5 Å². The van der Waals surface area contributed by atoms with E-state index in [4.69, 9.17) is 5.73 Å². The highest BCUT2D eigenvalue weighted by atomic mass is 16.2. The van der Waals surface area contributed by atoms with Gasteiger partial charge in [0.15, 0.2) is 5.69 Å². The molecule has 0 spiro atoms. The molecule has 1 heterocycles. The number of carbonyl (C=O) groups excluding carboxylic acids is 1. The van der Waals surface area contributed by atoms with Crippen molar-refractivity contribution >= 4 is 11.6 Å². The molecule has 2 N–H and O–H groups in total. The Bertz CT molecular complexity index is 509. The van der Waals surface area contributed by atoms with E-state index >= 15 is 0 Å². The van der Waals surface area contributed by atoms with Crippen molar-refractivity contribution in [3.8, 4) is 0 Å². The van der Waals surface area contributed by atoms with E-state index in [9.17, 15) is 4.79 Å². The Morgan fingerprint density at radius 3 is 2.57 bits per heavy atom. The molecule has 116 valence electrons. The van der Waals surface area contributed by atoms with Crippen LogP contribution >= 0.6 is 0 Å². The lowest BCUT2D eigenvalue weighted by atomic mass is 10.1. The van der Waals surface area contributed by atoms with Crippen molar-refractivity contribution in [1.82, 2.24) is 14.9 Å². The number of amides is 1. The largest absolute Gasteiger partial charge is 0.396 e. The summed E-state index contributed by atoms with van der Waals surface area (Å²) in [5, 5.41) is 0. The third-order valence-corrected chi connectivity index (χ3v) is 3.75. The standard InChI is InChI=1S/C16H26N4O/c1-10(2)7-8-20(12-5-6-12)16(21)14-13(17)9-18-15(19-14)11(3)4/h9-12H,5-8,17H2,1-4H3. The Hall–Kier alpha value is -1.65. The van der Waals surface area contributed by atoms with Gasteiger partial charge in [-0.3, -0.25) is 4.79 Å². The van der Waals surface area contributed by atoms with Crippen LogP contribution in [0.15, 0.2) is 6.20 Å². The number of aromatic nitrogens is 2. The minimum atomic E-state index is -0.0417. The van der Waals surface area contributed by atoms with Gasteiger partial charge in [-0.15, -0.1) is 0 Å². The molecule has 0 aromatic carbocycles. The molecule has 0 radical (unpaired) electrons. The van der Waals surface area contributed by atoms with Crippen molar-refractivity contribution in [3.63, 3.8) is 0 Å². The highest BCUT2D eigenvalue weighted by Crippen LogP contribution is 2.29. The fourth-order valence-electron chi connectivity index (χ4n) is 2.22. The summed E-state index contributed by atoms with van der Waals surface area (Å²) in [6.07, 6.45) is 4.74. The maximum absolute atomic E-state index is 12.8. The van der Waals surface area contributed by atoms with E-state index in [2.05, 4.69) is 23.8 Å². The number of hydrogen-bond donors (Lipinski definition) is 1. The van der Waals surface area contributed by atoms with Crippen molar-refractivity contribution in [2.45, 2.75) is 58.9 Å². The summed E-state index contributed by atoms with van der Waals surface area (Å²) < 4.78 is 0. The van der Waals surface area contributed by atoms with Crippen LogP contribution in [-0.2, 0) is 0 Å². The molecule has 1 fully saturated rings. The van der Waals surface area contributed by atoms with Gasteiger partial charge in [-0.2, -0.15) is 0 Å². The number of hydrogen-bond acceptors (Lipinski definition) is 4.